The van der Waals surface area contributed by atoms with Gasteiger partial charge in [-0.05, 0) is 75.0 Å². The molecule has 0 bridgehead atoms. The first-order valence-electron chi connectivity index (χ1n) is 13.1. The van der Waals surface area contributed by atoms with Gasteiger partial charge in [0.1, 0.15) is 5.60 Å². The summed E-state index contributed by atoms with van der Waals surface area (Å²) in [6.45, 7) is 0.905. The van der Waals surface area contributed by atoms with E-state index in [0.717, 1.165) is 45.9 Å². The number of ether oxygens (including phenoxy) is 2. The molecule has 0 saturated heterocycles. The molecule has 0 spiro atoms. The Morgan fingerprint density at radius 3 is 2.58 bits per heavy atom. The van der Waals surface area contributed by atoms with Gasteiger partial charge in [0.05, 0.1) is 12.6 Å². The maximum Gasteiger partial charge on any atom is 0.217 e. The minimum Gasteiger partial charge on any atom is -0.481 e. The first kappa shape index (κ1) is 26.6. The number of fused-ring (bicyclic) bond motifs is 2. The van der Waals surface area contributed by atoms with Gasteiger partial charge >= 0.3 is 0 Å². The van der Waals surface area contributed by atoms with Crippen LogP contribution in [0.5, 0.6) is 5.88 Å². The Morgan fingerprint density at radius 2 is 1.84 bits per heavy atom. The van der Waals surface area contributed by atoms with Crippen LogP contribution in [0.3, 0.4) is 0 Å². The Balaban J connectivity index is 1.87. The second-order valence-corrected chi connectivity index (χ2v) is 11.3. The molecule has 2 aromatic carbocycles. The molecular formula is C33H35BrN2O2. The second kappa shape index (κ2) is 11.0. The zero-order valence-corrected chi connectivity index (χ0v) is 24.1. The molecular weight excluding hydrogens is 536 g/mol. The van der Waals surface area contributed by atoms with E-state index in [4.69, 9.17) is 14.5 Å². The molecule has 5 heteroatoms. The quantitative estimate of drug-likeness (QED) is 0.281. The standard InChI is InChI=1S/C33H35BrN2O2/c1-36(2)21-20-32(18-10-8-14-26-15-9-11-19-33(26,32)38-4)30(24-12-6-5-7-13-24)28-23-25-22-27(34)16-17-29(25)35-31(28)37-3/h5-17,19,22-23,30H,18,20-21H2,1-4H3. The van der Waals surface area contributed by atoms with E-state index < -0.39 is 5.60 Å². The molecule has 1 heterocycles. The lowest BCUT2D eigenvalue weighted by Gasteiger charge is -2.54. The molecule has 0 saturated carbocycles. The van der Waals surface area contributed by atoms with Crippen LogP contribution < -0.4 is 4.74 Å². The summed E-state index contributed by atoms with van der Waals surface area (Å²) in [6.07, 6.45) is 17.1. The Labute approximate surface area is 234 Å². The van der Waals surface area contributed by atoms with Crippen molar-refractivity contribution in [2.75, 3.05) is 34.9 Å². The van der Waals surface area contributed by atoms with Crippen molar-refractivity contribution in [2.24, 2.45) is 5.41 Å². The molecule has 1 aromatic heterocycles. The maximum absolute atomic E-state index is 6.68. The van der Waals surface area contributed by atoms with Gasteiger partial charge in [0.2, 0.25) is 5.88 Å². The third-order valence-corrected chi connectivity index (χ3v) is 8.56. The van der Waals surface area contributed by atoms with Crippen LogP contribution in [-0.4, -0.2) is 50.3 Å². The van der Waals surface area contributed by atoms with Gasteiger partial charge < -0.3 is 14.4 Å². The van der Waals surface area contributed by atoms with Crippen LogP contribution in [0.25, 0.3) is 10.9 Å². The van der Waals surface area contributed by atoms with E-state index >= 15 is 0 Å². The zero-order valence-electron chi connectivity index (χ0n) is 22.5. The Kier molecular flexibility index (Phi) is 7.71. The molecule has 0 radical (unpaired) electrons. The highest BCUT2D eigenvalue weighted by Crippen LogP contribution is 2.60. The summed E-state index contributed by atoms with van der Waals surface area (Å²) in [7, 11) is 7.85. The van der Waals surface area contributed by atoms with Crippen molar-refractivity contribution in [1.82, 2.24) is 9.88 Å². The van der Waals surface area contributed by atoms with E-state index in [0.29, 0.717) is 5.88 Å². The number of rotatable bonds is 8. The number of hydrogen-bond acceptors (Lipinski definition) is 4. The number of benzene rings is 2. The first-order chi connectivity index (χ1) is 18.4. The molecule has 3 aromatic rings. The Hall–Kier alpha value is -2.99. The van der Waals surface area contributed by atoms with Crippen LogP contribution in [-0.2, 0) is 4.74 Å². The number of methoxy groups -OCH3 is 2. The van der Waals surface area contributed by atoms with Gasteiger partial charge in [0.25, 0.3) is 0 Å². The Bertz CT molecular complexity index is 1430. The lowest BCUT2D eigenvalue weighted by molar-refractivity contribution is -0.0641. The largest absolute Gasteiger partial charge is 0.481 e. The number of aromatic nitrogens is 1. The minimum absolute atomic E-state index is 0.0725. The van der Waals surface area contributed by atoms with E-state index in [9.17, 15) is 0 Å². The molecule has 0 amide bonds. The van der Waals surface area contributed by atoms with Crippen molar-refractivity contribution in [3.8, 4) is 5.88 Å². The summed E-state index contributed by atoms with van der Waals surface area (Å²) < 4.78 is 13.7. The van der Waals surface area contributed by atoms with Crippen LogP contribution in [0.4, 0.5) is 0 Å². The van der Waals surface area contributed by atoms with Gasteiger partial charge in [-0.25, -0.2) is 4.98 Å². The van der Waals surface area contributed by atoms with E-state index in [-0.39, 0.29) is 11.3 Å². The molecule has 38 heavy (non-hydrogen) atoms. The average molecular weight is 572 g/mol. The molecule has 3 atom stereocenters. The summed E-state index contributed by atoms with van der Waals surface area (Å²) >= 11 is 3.66. The van der Waals surface area contributed by atoms with Gasteiger partial charge in [-0.3, -0.25) is 0 Å². The van der Waals surface area contributed by atoms with E-state index in [1.165, 1.54) is 5.56 Å². The Morgan fingerprint density at radius 1 is 1.03 bits per heavy atom. The summed E-state index contributed by atoms with van der Waals surface area (Å²) in [6, 6.07) is 19.2. The van der Waals surface area contributed by atoms with Crippen molar-refractivity contribution < 1.29 is 9.47 Å². The molecule has 0 N–H and O–H groups in total. The fourth-order valence-electron chi connectivity index (χ4n) is 6.34. The number of nitrogens with zero attached hydrogens (tertiary/aromatic N) is 2. The van der Waals surface area contributed by atoms with Crippen molar-refractivity contribution >= 4 is 26.8 Å². The van der Waals surface area contributed by atoms with Crippen LogP contribution in [0.1, 0.15) is 29.9 Å². The molecule has 196 valence electrons. The fourth-order valence-corrected chi connectivity index (χ4v) is 6.72. The van der Waals surface area contributed by atoms with Crippen molar-refractivity contribution in [3.63, 3.8) is 0 Å². The highest BCUT2D eigenvalue weighted by Gasteiger charge is 2.57. The van der Waals surface area contributed by atoms with Crippen molar-refractivity contribution in [2.45, 2.75) is 24.4 Å². The summed E-state index contributed by atoms with van der Waals surface area (Å²) in [4.78, 5) is 7.28. The van der Waals surface area contributed by atoms with E-state index in [2.05, 4.69) is 120 Å². The van der Waals surface area contributed by atoms with E-state index in [1.807, 2.05) is 19.2 Å². The first-order valence-corrected chi connectivity index (χ1v) is 13.9. The monoisotopic (exact) mass is 570 g/mol. The molecule has 0 aliphatic heterocycles. The van der Waals surface area contributed by atoms with Gasteiger partial charge in [0, 0.05) is 33.9 Å². The van der Waals surface area contributed by atoms with Crippen LogP contribution in [0.15, 0.2) is 107 Å². The highest BCUT2D eigenvalue weighted by molar-refractivity contribution is 9.10. The van der Waals surface area contributed by atoms with Crippen molar-refractivity contribution in [1.29, 1.82) is 0 Å². The van der Waals surface area contributed by atoms with Crippen molar-refractivity contribution in [3.05, 3.63) is 118 Å². The maximum atomic E-state index is 6.68. The summed E-state index contributed by atoms with van der Waals surface area (Å²) in [5.74, 6) is 0.579. The topological polar surface area (TPSA) is 34.6 Å². The molecule has 4 nitrogen and oxygen atoms in total. The number of pyridine rings is 1. The SMILES string of the molecule is COc1nc2ccc(Br)cc2cc1C(c1ccccc1)C1(CCN(C)C)CC=CC=C2C=CC=CC21OC. The van der Waals surface area contributed by atoms with Gasteiger partial charge in [-0.2, -0.15) is 0 Å². The third-order valence-electron chi connectivity index (χ3n) is 8.07. The molecule has 3 unspecified atom stereocenters. The van der Waals surface area contributed by atoms with Gasteiger partial charge in [0.15, 0.2) is 0 Å². The van der Waals surface area contributed by atoms with Crippen LogP contribution in [0, 0.1) is 5.41 Å². The zero-order chi connectivity index (χ0) is 26.8. The molecule has 5 rings (SSSR count). The van der Waals surface area contributed by atoms with Gasteiger partial charge in [-0.15, -0.1) is 0 Å². The van der Waals surface area contributed by atoms with E-state index in [1.54, 1.807) is 7.11 Å². The number of allylic oxidation sites excluding steroid dienone is 5. The second-order valence-electron chi connectivity index (χ2n) is 10.4. The minimum atomic E-state index is -0.654. The van der Waals surface area contributed by atoms with Gasteiger partial charge in [-0.1, -0.05) is 82.7 Å². The average Bonchev–Trinajstić information content (AvgIpc) is 3.10. The predicted octanol–water partition coefficient (Wildman–Crippen LogP) is 7.47. The normalized spacial score (nSPS) is 23.3. The lowest BCUT2D eigenvalue weighted by atomic mass is 9.54. The highest BCUT2D eigenvalue weighted by atomic mass is 79.9. The lowest BCUT2D eigenvalue weighted by Crippen LogP contribution is -2.54. The number of halogens is 1. The summed E-state index contributed by atoms with van der Waals surface area (Å²) in [5.41, 5.74) is 3.31. The van der Waals surface area contributed by atoms with Crippen LogP contribution >= 0.6 is 15.9 Å². The molecule has 2 aliphatic carbocycles. The molecule has 2 aliphatic rings. The fraction of sp³-hybridized carbons (Fsp3) is 0.303. The predicted molar refractivity (Wildman–Crippen MR) is 160 cm³/mol. The number of hydrogen-bond donors (Lipinski definition) is 0. The smallest absolute Gasteiger partial charge is 0.217 e. The molecule has 0 fully saturated rings. The summed E-state index contributed by atoms with van der Waals surface area (Å²) in [5, 5.41) is 1.07. The van der Waals surface area contributed by atoms with Crippen LogP contribution in [0.2, 0.25) is 0 Å². The third kappa shape index (κ3) is 4.57.